The summed E-state index contributed by atoms with van der Waals surface area (Å²) in [7, 11) is 0. The van der Waals surface area contributed by atoms with E-state index in [0.717, 1.165) is 6.42 Å². The predicted molar refractivity (Wildman–Crippen MR) is 76.2 cm³/mol. The van der Waals surface area contributed by atoms with Gasteiger partial charge in [-0.2, -0.15) is 0 Å². The Hall–Kier alpha value is -2.11. The maximum Gasteiger partial charge on any atom is 0.326 e. The second-order valence-electron chi connectivity index (χ2n) is 4.21. The molecule has 0 amide bonds. The summed E-state index contributed by atoms with van der Waals surface area (Å²) in [5.74, 6) is 0.418. The lowest BCUT2D eigenvalue weighted by molar-refractivity contribution is 0.221. The van der Waals surface area contributed by atoms with Crippen molar-refractivity contribution < 1.29 is 14.2 Å². The van der Waals surface area contributed by atoms with Gasteiger partial charge in [0.2, 0.25) is 0 Å². The first-order valence-corrected chi connectivity index (χ1v) is 6.55. The summed E-state index contributed by atoms with van der Waals surface area (Å²) < 4.78 is 16.1. The molecule has 1 heterocycles. The number of ether oxygens (including phenoxy) is 3. The molecule has 1 rings (SSSR count). The maximum absolute atomic E-state index is 5.53. The molecule has 0 N–H and O–H groups in total. The lowest BCUT2D eigenvalue weighted by Gasteiger charge is -2.11. The van der Waals surface area contributed by atoms with Crippen LogP contribution in [0.15, 0.2) is 25.3 Å². The van der Waals surface area contributed by atoms with E-state index >= 15 is 0 Å². The van der Waals surface area contributed by atoms with Gasteiger partial charge >= 0.3 is 18.0 Å². The van der Waals surface area contributed by atoms with E-state index in [1.807, 2.05) is 0 Å². The molecule has 1 atom stereocenters. The van der Waals surface area contributed by atoms with Crippen LogP contribution in [0.1, 0.15) is 20.3 Å². The summed E-state index contributed by atoms with van der Waals surface area (Å²) in [5, 5.41) is 0. The van der Waals surface area contributed by atoms with Gasteiger partial charge in [0.05, 0.1) is 6.61 Å². The fourth-order valence-electron chi connectivity index (χ4n) is 1.12. The Morgan fingerprint density at radius 2 is 1.40 bits per heavy atom. The Balaban J connectivity index is 2.78. The first kappa shape index (κ1) is 15.9. The molecule has 110 valence electrons. The van der Waals surface area contributed by atoms with Gasteiger partial charge in [0, 0.05) is 0 Å². The average molecular weight is 279 g/mol. The second-order valence-corrected chi connectivity index (χ2v) is 4.21. The molecule has 0 saturated carbocycles. The molecule has 0 bridgehead atoms. The van der Waals surface area contributed by atoms with Crippen LogP contribution in [0.2, 0.25) is 0 Å². The zero-order chi connectivity index (χ0) is 14.8. The largest absolute Gasteiger partial charge is 0.463 e. The third-order valence-electron chi connectivity index (χ3n) is 2.43. The van der Waals surface area contributed by atoms with E-state index in [2.05, 4.69) is 42.0 Å². The smallest absolute Gasteiger partial charge is 0.326 e. The van der Waals surface area contributed by atoms with Crippen LogP contribution in [0.3, 0.4) is 0 Å². The molecular formula is C14H21N3O3. The summed E-state index contributed by atoms with van der Waals surface area (Å²) in [5.41, 5.74) is 0. The van der Waals surface area contributed by atoms with E-state index in [1.54, 1.807) is 12.2 Å². The van der Waals surface area contributed by atoms with E-state index in [-0.39, 0.29) is 18.0 Å². The highest BCUT2D eigenvalue weighted by Gasteiger charge is 2.10. The highest BCUT2D eigenvalue weighted by atomic mass is 16.5. The molecule has 6 heteroatoms. The van der Waals surface area contributed by atoms with E-state index in [1.165, 1.54) is 0 Å². The van der Waals surface area contributed by atoms with Crippen molar-refractivity contribution in [2.45, 2.75) is 20.3 Å². The van der Waals surface area contributed by atoms with Crippen molar-refractivity contribution in [3.63, 3.8) is 0 Å². The summed E-state index contributed by atoms with van der Waals surface area (Å²) in [6.45, 7) is 12.5. The predicted octanol–water partition coefficient (Wildman–Crippen LogP) is 2.43. The van der Waals surface area contributed by atoms with Crippen LogP contribution in [0.5, 0.6) is 18.0 Å². The van der Waals surface area contributed by atoms with Gasteiger partial charge in [-0.1, -0.05) is 45.6 Å². The molecule has 0 radical (unpaired) electrons. The highest BCUT2D eigenvalue weighted by Crippen LogP contribution is 2.15. The Bertz CT molecular complexity index is 407. The molecule has 0 aromatic carbocycles. The summed E-state index contributed by atoms with van der Waals surface area (Å²) in [4.78, 5) is 12.1. The third-order valence-corrected chi connectivity index (χ3v) is 2.43. The van der Waals surface area contributed by atoms with Gasteiger partial charge in [0.1, 0.15) is 13.2 Å². The molecule has 0 aliphatic rings. The Morgan fingerprint density at radius 1 is 0.950 bits per heavy atom. The van der Waals surface area contributed by atoms with E-state index < -0.39 is 0 Å². The molecule has 20 heavy (non-hydrogen) atoms. The maximum atomic E-state index is 5.53. The fraction of sp³-hybridized carbons (Fsp3) is 0.500. The van der Waals surface area contributed by atoms with Crippen LogP contribution in [0.4, 0.5) is 0 Å². The van der Waals surface area contributed by atoms with Gasteiger partial charge in [-0.3, -0.25) is 0 Å². The van der Waals surface area contributed by atoms with Gasteiger partial charge in [-0.05, 0) is 5.92 Å². The van der Waals surface area contributed by atoms with Gasteiger partial charge in [0.15, 0.2) is 0 Å². The lowest BCUT2D eigenvalue weighted by atomic mass is 10.1. The number of nitrogens with zero attached hydrogens (tertiary/aromatic N) is 3. The molecule has 0 saturated heterocycles. The van der Waals surface area contributed by atoms with Crippen LogP contribution in [-0.4, -0.2) is 34.8 Å². The van der Waals surface area contributed by atoms with Crippen LogP contribution >= 0.6 is 0 Å². The van der Waals surface area contributed by atoms with Crippen molar-refractivity contribution in [3.05, 3.63) is 25.3 Å². The quantitative estimate of drug-likeness (QED) is 0.613. The van der Waals surface area contributed by atoms with Crippen molar-refractivity contribution in [2.75, 3.05) is 19.8 Å². The summed E-state index contributed by atoms with van der Waals surface area (Å²) >= 11 is 0. The molecule has 0 fully saturated rings. The molecule has 6 nitrogen and oxygen atoms in total. The lowest BCUT2D eigenvalue weighted by Crippen LogP contribution is -2.11. The topological polar surface area (TPSA) is 66.4 Å². The SMILES string of the molecule is C=CCOc1nc(OCC=C)nc(OCC(C)CC)n1. The number of aromatic nitrogens is 3. The summed E-state index contributed by atoms with van der Waals surface area (Å²) in [6, 6.07) is 0.495. The molecule has 1 aromatic rings. The molecule has 1 unspecified atom stereocenters. The zero-order valence-corrected chi connectivity index (χ0v) is 12.0. The zero-order valence-electron chi connectivity index (χ0n) is 12.0. The van der Waals surface area contributed by atoms with E-state index in [0.29, 0.717) is 25.7 Å². The van der Waals surface area contributed by atoms with Gasteiger partial charge < -0.3 is 14.2 Å². The van der Waals surface area contributed by atoms with Crippen molar-refractivity contribution in [1.29, 1.82) is 0 Å². The van der Waals surface area contributed by atoms with Crippen LogP contribution in [0.25, 0.3) is 0 Å². The number of rotatable bonds is 10. The van der Waals surface area contributed by atoms with Crippen molar-refractivity contribution in [1.82, 2.24) is 15.0 Å². The third kappa shape index (κ3) is 5.69. The fourth-order valence-corrected chi connectivity index (χ4v) is 1.12. The molecular weight excluding hydrogens is 258 g/mol. The monoisotopic (exact) mass is 279 g/mol. The highest BCUT2D eigenvalue weighted by molar-refractivity contribution is 5.09. The summed E-state index contributed by atoms with van der Waals surface area (Å²) in [6.07, 6.45) is 4.23. The average Bonchev–Trinajstić information content (AvgIpc) is 2.48. The molecule has 0 spiro atoms. The van der Waals surface area contributed by atoms with Gasteiger partial charge in [0.25, 0.3) is 0 Å². The normalized spacial score (nSPS) is 11.5. The first-order valence-electron chi connectivity index (χ1n) is 6.55. The van der Waals surface area contributed by atoms with Crippen LogP contribution in [-0.2, 0) is 0 Å². The number of hydrogen-bond acceptors (Lipinski definition) is 6. The minimum absolute atomic E-state index is 0.151. The molecule has 0 aliphatic carbocycles. The van der Waals surface area contributed by atoms with Crippen LogP contribution in [0, 0.1) is 5.92 Å². The van der Waals surface area contributed by atoms with Crippen molar-refractivity contribution in [2.24, 2.45) is 5.92 Å². The molecule has 0 aliphatic heterocycles. The number of hydrogen-bond donors (Lipinski definition) is 0. The Kier molecular flexibility index (Phi) is 7.10. The van der Waals surface area contributed by atoms with Crippen LogP contribution < -0.4 is 14.2 Å². The minimum Gasteiger partial charge on any atom is -0.463 e. The first-order chi connectivity index (χ1) is 9.69. The molecule has 1 aromatic heterocycles. The van der Waals surface area contributed by atoms with E-state index in [9.17, 15) is 0 Å². The van der Waals surface area contributed by atoms with Gasteiger partial charge in [-0.15, -0.1) is 15.0 Å². The van der Waals surface area contributed by atoms with Crippen molar-refractivity contribution in [3.8, 4) is 18.0 Å². The van der Waals surface area contributed by atoms with Gasteiger partial charge in [-0.25, -0.2) is 0 Å². The second kappa shape index (κ2) is 8.90. The van der Waals surface area contributed by atoms with Crippen molar-refractivity contribution >= 4 is 0 Å². The Morgan fingerprint density at radius 3 is 1.80 bits per heavy atom. The Labute approximate surface area is 119 Å². The minimum atomic E-state index is 0.151. The van der Waals surface area contributed by atoms with E-state index in [4.69, 9.17) is 14.2 Å². The standard InChI is InChI=1S/C14H21N3O3/c1-5-8-18-12-15-13(19-9-6-2)17-14(16-12)20-10-11(4)7-3/h5-6,11H,1-2,7-10H2,3-4H3.